The Morgan fingerprint density at radius 2 is 1.94 bits per heavy atom. The van der Waals surface area contributed by atoms with Gasteiger partial charge in [-0.05, 0) is 27.8 Å². The third kappa shape index (κ3) is 4.22. The summed E-state index contributed by atoms with van der Waals surface area (Å²) in [6, 6.07) is -0.396. The lowest BCUT2D eigenvalue weighted by molar-refractivity contribution is -0.141. The van der Waals surface area contributed by atoms with Crippen molar-refractivity contribution in [3.63, 3.8) is 0 Å². The fourth-order valence-corrected chi connectivity index (χ4v) is 1.86. The van der Waals surface area contributed by atoms with Crippen molar-refractivity contribution in [1.29, 1.82) is 0 Å². The number of nitrogens with zero attached hydrogens (tertiary/aromatic N) is 1. The predicted molar refractivity (Wildman–Crippen MR) is 61.8 cm³/mol. The predicted octanol–water partition coefficient (Wildman–Crippen LogP) is 0.526. The molecule has 2 N–H and O–H groups in total. The molecule has 0 unspecified atom stereocenters. The molecular formula is C11H20N2O4. The summed E-state index contributed by atoms with van der Waals surface area (Å²) in [5.74, 6) is -1.47. The van der Waals surface area contributed by atoms with Crippen LogP contribution in [-0.4, -0.2) is 53.8 Å². The number of amides is 1. The van der Waals surface area contributed by atoms with Gasteiger partial charge in [0.1, 0.15) is 5.60 Å². The van der Waals surface area contributed by atoms with Crippen LogP contribution in [0.3, 0.4) is 0 Å². The van der Waals surface area contributed by atoms with Crippen LogP contribution in [0.2, 0.25) is 0 Å². The molecular weight excluding hydrogens is 224 g/mol. The van der Waals surface area contributed by atoms with E-state index < -0.39 is 29.6 Å². The SMILES string of the molecule is CN1C[C@H](C(=O)O)[C@H](NC(=O)OC(C)(C)C)C1. The van der Waals surface area contributed by atoms with Crippen molar-refractivity contribution in [3.8, 4) is 0 Å². The first-order valence-electron chi connectivity index (χ1n) is 5.60. The minimum atomic E-state index is -0.893. The topological polar surface area (TPSA) is 78.9 Å². The van der Waals surface area contributed by atoms with Gasteiger partial charge in [-0.2, -0.15) is 0 Å². The van der Waals surface area contributed by atoms with Crippen LogP contribution in [0.1, 0.15) is 20.8 Å². The second kappa shape index (κ2) is 4.91. The zero-order valence-corrected chi connectivity index (χ0v) is 10.7. The van der Waals surface area contributed by atoms with E-state index in [1.807, 2.05) is 11.9 Å². The molecule has 1 amide bonds. The third-order valence-corrected chi connectivity index (χ3v) is 2.52. The van der Waals surface area contributed by atoms with Crippen molar-refractivity contribution in [2.45, 2.75) is 32.4 Å². The van der Waals surface area contributed by atoms with Crippen LogP contribution in [0, 0.1) is 5.92 Å². The molecule has 17 heavy (non-hydrogen) atoms. The standard InChI is InChI=1S/C11H20N2O4/c1-11(2,3)17-10(16)12-8-6-13(4)5-7(8)9(14)15/h7-8H,5-6H2,1-4H3,(H,12,16)(H,14,15)/t7-,8+/m0/s1. The average molecular weight is 244 g/mol. The highest BCUT2D eigenvalue weighted by Crippen LogP contribution is 2.16. The first-order chi connectivity index (χ1) is 7.69. The number of ether oxygens (including phenoxy) is 1. The highest BCUT2D eigenvalue weighted by molar-refractivity contribution is 5.74. The van der Waals surface area contributed by atoms with Crippen LogP contribution >= 0.6 is 0 Å². The number of alkyl carbamates (subject to hydrolysis) is 1. The summed E-state index contributed by atoms with van der Waals surface area (Å²) in [4.78, 5) is 24.4. The molecule has 1 aliphatic heterocycles. The number of carboxylic acids is 1. The molecule has 1 saturated heterocycles. The number of hydrogen-bond acceptors (Lipinski definition) is 4. The zero-order valence-electron chi connectivity index (χ0n) is 10.7. The quantitative estimate of drug-likeness (QED) is 0.740. The van der Waals surface area contributed by atoms with Crippen LogP contribution in [0.15, 0.2) is 0 Å². The smallest absolute Gasteiger partial charge is 0.407 e. The molecule has 98 valence electrons. The van der Waals surface area contributed by atoms with Crippen molar-refractivity contribution in [3.05, 3.63) is 0 Å². The first-order valence-corrected chi connectivity index (χ1v) is 5.60. The summed E-state index contributed by atoms with van der Waals surface area (Å²) >= 11 is 0. The van der Waals surface area contributed by atoms with Gasteiger partial charge in [0.2, 0.25) is 0 Å². The van der Waals surface area contributed by atoms with Crippen molar-refractivity contribution in [1.82, 2.24) is 10.2 Å². The maximum atomic E-state index is 11.5. The number of likely N-dealkylation sites (N-methyl/N-ethyl adjacent to an activating group) is 1. The first kappa shape index (κ1) is 13.8. The lowest BCUT2D eigenvalue weighted by atomic mass is 10.0. The maximum absolute atomic E-state index is 11.5. The van der Waals surface area contributed by atoms with Gasteiger partial charge >= 0.3 is 12.1 Å². The van der Waals surface area contributed by atoms with Gasteiger partial charge in [-0.25, -0.2) is 4.79 Å². The highest BCUT2D eigenvalue weighted by atomic mass is 16.6. The maximum Gasteiger partial charge on any atom is 0.407 e. The van der Waals surface area contributed by atoms with E-state index in [-0.39, 0.29) is 0 Å². The molecule has 0 radical (unpaired) electrons. The molecule has 1 heterocycles. The third-order valence-electron chi connectivity index (χ3n) is 2.52. The number of carbonyl (C=O) groups excluding carboxylic acids is 1. The Morgan fingerprint density at radius 3 is 2.41 bits per heavy atom. The molecule has 1 rings (SSSR count). The number of nitrogens with one attached hydrogen (secondary N) is 1. The van der Waals surface area contributed by atoms with Gasteiger partial charge in [0.25, 0.3) is 0 Å². The molecule has 6 nitrogen and oxygen atoms in total. The van der Waals surface area contributed by atoms with Gasteiger partial charge < -0.3 is 20.1 Å². The summed E-state index contributed by atoms with van der Waals surface area (Å²) in [6.07, 6.45) is -0.566. The molecule has 0 aromatic heterocycles. The molecule has 1 aliphatic rings. The minimum Gasteiger partial charge on any atom is -0.481 e. The van der Waals surface area contributed by atoms with Crippen LogP contribution in [0.4, 0.5) is 4.79 Å². The van der Waals surface area contributed by atoms with Gasteiger partial charge in [-0.1, -0.05) is 0 Å². The number of likely N-dealkylation sites (tertiary alicyclic amines) is 1. The van der Waals surface area contributed by atoms with Crippen LogP contribution in [0.5, 0.6) is 0 Å². The second-order valence-corrected chi connectivity index (χ2v) is 5.42. The largest absolute Gasteiger partial charge is 0.481 e. The summed E-state index contributed by atoms with van der Waals surface area (Å²) in [6.45, 7) is 6.26. The molecule has 6 heteroatoms. The van der Waals surface area contributed by atoms with Crippen molar-refractivity contribution in [2.75, 3.05) is 20.1 Å². The molecule has 0 aromatic rings. The van der Waals surface area contributed by atoms with E-state index in [0.717, 1.165) is 0 Å². The Hall–Kier alpha value is -1.30. The lowest BCUT2D eigenvalue weighted by Crippen LogP contribution is -2.45. The molecule has 0 aliphatic carbocycles. The van der Waals surface area contributed by atoms with E-state index in [0.29, 0.717) is 13.1 Å². The Balaban J connectivity index is 2.55. The van der Waals surface area contributed by atoms with E-state index in [9.17, 15) is 9.59 Å². The van der Waals surface area contributed by atoms with Crippen molar-refractivity contribution in [2.24, 2.45) is 5.92 Å². The second-order valence-electron chi connectivity index (χ2n) is 5.42. The molecule has 1 fully saturated rings. The molecule has 0 saturated carbocycles. The Morgan fingerprint density at radius 1 is 1.35 bits per heavy atom. The summed E-state index contributed by atoms with van der Waals surface area (Å²) in [7, 11) is 1.83. The number of aliphatic carboxylic acids is 1. The van der Waals surface area contributed by atoms with Gasteiger partial charge in [0, 0.05) is 13.1 Å². The number of carbonyl (C=O) groups is 2. The lowest BCUT2D eigenvalue weighted by Gasteiger charge is -2.22. The zero-order chi connectivity index (χ0) is 13.2. The van der Waals surface area contributed by atoms with E-state index in [1.165, 1.54) is 0 Å². The Kier molecular flexibility index (Phi) is 3.98. The summed E-state index contributed by atoms with van der Waals surface area (Å²) < 4.78 is 5.10. The van der Waals surface area contributed by atoms with Gasteiger partial charge in [-0.15, -0.1) is 0 Å². The Bertz CT molecular complexity index is 311. The van der Waals surface area contributed by atoms with Crippen molar-refractivity contribution < 1.29 is 19.4 Å². The fourth-order valence-electron chi connectivity index (χ4n) is 1.86. The van der Waals surface area contributed by atoms with Gasteiger partial charge in [-0.3, -0.25) is 4.79 Å². The van der Waals surface area contributed by atoms with Crippen LogP contribution in [-0.2, 0) is 9.53 Å². The fraction of sp³-hybridized carbons (Fsp3) is 0.818. The van der Waals surface area contributed by atoms with E-state index in [4.69, 9.17) is 9.84 Å². The average Bonchev–Trinajstić information content (AvgIpc) is 2.42. The van der Waals surface area contributed by atoms with Crippen LogP contribution in [0.25, 0.3) is 0 Å². The number of rotatable bonds is 2. The number of carboxylic acid groups (broad SMARTS) is 1. The molecule has 0 aromatic carbocycles. The number of hydrogen-bond donors (Lipinski definition) is 2. The van der Waals surface area contributed by atoms with E-state index in [1.54, 1.807) is 20.8 Å². The van der Waals surface area contributed by atoms with Gasteiger partial charge in [0.15, 0.2) is 0 Å². The van der Waals surface area contributed by atoms with Gasteiger partial charge in [0.05, 0.1) is 12.0 Å². The summed E-state index contributed by atoms with van der Waals surface area (Å²) in [5, 5.41) is 11.6. The Labute approximate surface area is 101 Å². The highest BCUT2D eigenvalue weighted by Gasteiger charge is 2.37. The van der Waals surface area contributed by atoms with E-state index >= 15 is 0 Å². The molecule has 0 spiro atoms. The van der Waals surface area contributed by atoms with Crippen LogP contribution < -0.4 is 5.32 Å². The molecule has 0 bridgehead atoms. The summed E-state index contributed by atoms with van der Waals surface area (Å²) in [5.41, 5.74) is -0.576. The monoisotopic (exact) mass is 244 g/mol. The normalized spacial score (nSPS) is 25.6. The van der Waals surface area contributed by atoms with E-state index in [2.05, 4.69) is 5.32 Å². The molecule has 2 atom stereocenters. The minimum absolute atomic E-state index is 0.396. The van der Waals surface area contributed by atoms with Crippen molar-refractivity contribution >= 4 is 12.1 Å².